The highest BCUT2D eigenvalue weighted by Gasteiger charge is 2.15. The first kappa shape index (κ1) is 19.2. The molecule has 0 bridgehead atoms. The zero-order chi connectivity index (χ0) is 20.2. The second kappa shape index (κ2) is 8.51. The average molecular weight is 393 g/mol. The molecule has 7 heteroatoms. The SMILES string of the molecule is CC(=O)Nc1cc(Oc2ccc3c(c2)nc(NCC2CCCCC2)n3C)ccn1. The van der Waals surface area contributed by atoms with E-state index in [4.69, 9.17) is 9.72 Å². The number of anilines is 2. The summed E-state index contributed by atoms with van der Waals surface area (Å²) in [6.45, 7) is 2.42. The molecule has 1 saturated carbocycles. The highest BCUT2D eigenvalue weighted by molar-refractivity contribution is 5.87. The van der Waals surface area contributed by atoms with Gasteiger partial charge in [0.2, 0.25) is 11.9 Å². The van der Waals surface area contributed by atoms with Crippen molar-refractivity contribution >= 4 is 28.7 Å². The van der Waals surface area contributed by atoms with Gasteiger partial charge in [-0.15, -0.1) is 0 Å². The number of carbonyl (C=O) groups excluding carboxylic acids is 1. The Hall–Kier alpha value is -3.09. The van der Waals surface area contributed by atoms with Crippen molar-refractivity contribution < 1.29 is 9.53 Å². The van der Waals surface area contributed by atoms with Crippen molar-refractivity contribution in [1.82, 2.24) is 14.5 Å². The quantitative estimate of drug-likeness (QED) is 0.634. The Bertz CT molecular complexity index is 1010. The maximum absolute atomic E-state index is 11.2. The molecular formula is C22H27N5O2. The van der Waals surface area contributed by atoms with Gasteiger partial charge in [0.1, 0.15) is 17.3 Å². The van der Waals surface area contributed by atoms with Crippen LogP contribution in [0.1, 0.15) is 39.0 Å². The molecule has 0 radical (unpaired) electrons. The lowest BCUT2D eigenvalue weighted by atomic mass is 9.89. The van der Waals surface area contributed by atoms with E-state index in [0.29, 0.717) is 17.3 Å². The molecule has 1 aromatic carbocycles. The van der Waals surface area contributed by atoms with Gasteiger partial charge in [-0.05, 0) is 37.0 Å². The third-order valence-corrected chi connectivity index (χ3v) is 5.40. The van der Waals surface area contributed by atoms with Crippen LogP contribution in [0.4, 0.5) is 11.8 Å². The number of hydrogen-bond acceptors (Lipinski definition) is 5. The van der Waals surface area contributed by atoms with Gasteiger partial charge >= 0.3 is 0 Å². The maximum atomic E-state index is 11.2. The van der Waals surface area contributed by atoms with Crippen molar-refractivity contribution in [2.75, 3.05) is 17.2 Å². The molecule has 0 atom stereocenters. The van der Waals surface area contributed by atoms with Crippen LogP contribution in [0.3, 0.4) is 0 Å². The Kier molecular flexibility index (Phi) is 5.64. The number of imidazole rings is 1. The predicted molar refractivity (Wildman–Crippen MR) is 114 cm³/mol. The minimum atomic E-state index is -0.169. The number of pyridine rings is 1. The Morgan fingerprint density at radius 2 is 1.97 bits per heavy atom. The summed E-state index contributed by atoms with van der Waals surface area (Å²) in [5.41, 5.74) is 1.93. The molecule has 3 aromatic rings. The van der Waals surface area contributed by atoms with Crippen LogP contribution in [-0.2, 0) is 11.8 Å². The Labute approximate surface area is 170 Å². The summed E-state index contributed by atoms with van der Waals surface area (Å²) in [7, 11) is 2.03. The van der Waals surface area contributed by atoms with Crippen molar-refractivity contribution in [2.45, 2.75) is 39.0 Å². The molecule has 0 spiro atoms. The first-order chi connectivity index (χ1) is 14.1. The van der Waals surface area contributed by atoms with Gasteiger partial charge in [0.25, 0.3) is 0 Å². The Morgan fingerprint density at radius 1 is 1.17 bits per heavy atom. The molecule has 2 N–H and O–H groups in total. The van der Waals surface area contributed by atoms with Gasteiger partial charge in [0, 0.05) is 38.8 Å². The minimum absolute atomic E-state index is 0.169. The van der Waals surface area contributed by atoms with Crippen molar-refractivity contribution in [2.24, 2.45) is 13.0 Å². The molecular weight excluding hydrogens is 366 g/mol. The fourth-order valence-corrected chi connectivity index (χ4v) is 3.89. The molecule has 0 unspecified atom stereocenters. The number of amides is 1. The number of benzene rings is 1. The lowest BCUT2D eigenvalue weighted by Crippen LogP contribution is -2.18. The van der Waals surface area contributed by atoms with E-state index in [2.05, 4.69) is 20.2 Å². The van der Waals surface area contributed by atoms with E-state index in [9.17, 15) is 4.79 Å². The summed E-state index contributed by atoms with van der Waals surface area (Å²) in [5.74, 6) is 3.22. The number of rotatable bonds is 6. The minimum Gasteiger partial charge on any atom is -0.457 e. The normalized spacial score (nSPS) is 14.7. The number of carbonyl (C=O) groups is 1. The number of aromatic nitrogens is 3. The van der Waals surface area contributed by atoms with Gasteiger partial charge in [-0.3, -0.25) is 4.79 Å². The fourth-order valence-electron chi connectivity index (χ4n) is 3.89. The standard InChI is InChI=1S/C22H27N5O2/c1-15(28)25-21-13-18(10-11-23-21)29-17-8-9-20-19(12-17)26-22(27(20)2)24-14-16-6-4-3-5-7-16/h8-13,16H,3-7,14H2,1-2H3,(H,24,26)(H,23,25,28). The monoisotopic (exact) mass is 393 g/mol. The molecule has 1 amide bonds. The van der Waals surface area contributed by atoms with Crippen LogP contribution in [0, 0.1) is 5.92 Å². The third-order valence-electron chi connectivity index (χ3n) is 5.40. The van der Waals surface area contributed by atoms with E-state index >= 15 is 0 Å². The maximum Gasteiger partial charge on any atom is 0.222 e. The summed E-state index contributed by atoms with van der Waals surface area (Å²) in [6, 6.07) is 9.32. The second-order valence-corrected chi connectivity index (χ2v) is 7.69. The zero-order valence-corrected chi connectivity index (χ0v) is 16.9. The van der Waals surface area contributed by atoms with E-state index in [-0.39, 0.29) is 5.91 Å². The van der Waals surface area contributed by atoms with Crippen LogP contribution in [0.25, 0.3) is 11.0 Å². The fraction of sp³-hybridized carbons (Fsp3) is 0.409. The van der Waals surface area contributed by atoms with E-state index in [0.717, 1.165) is 29.4 Å². The van der Waals surface area contributed by atoms with E-state index in [1.165, 1.54) is 39.0 Å². The molecule has 152 valence electrons. The predicted octanol–water partition coefficient (Wildman–Crippen LogP) is 4.71. The molecule has 0 saturated heterocycles. The van der Waals surface area contributed by atoms with E-state index in [1.807, 2.05) is 25.2 Å². The van der Waals surface area contributed by atoms with Crippen LogP contribution in [-0.4, -0.2) is 27.0 Å². The van der Waals surface area contributed by atoms with Crippen molar-refractivity contribution in [3.63, 3.8) is 0 Å². The number of ether oxygens (including phenoxy) is 1. The smallest absolute Gasteiger partial charge is 0.222 e. The summed E-state index contributed by atoms with van der Waals surface area (Å²) < 4.78 is 8.04. The van der Waals surface area contributed by atoms with Crippen molar-refractivity contribution in [3.05, 3.63) is 36.5 Å². The molecule has 1 aliphatic carbocycles. The van der Waals surface area contributed by atoms with Crippen LogP contribution in [0.2, 0.25) is 0 Å². The van der Waals surface area contributed by atoms with Crippen molar-refractivity contribution in [3.8, 4) is 11.5 Å². The molecule has 2 aromatic heterocycles. The highest BCUT2D eigenvalue weighted by Crippen LogP contribution is 2.28. The average Bonchev–Trinajstić information content (AvgIpc) is 3.02. The number of aryl methyl sites for hydroxylation is 1. The van der Waals surface area contributed by atoms with Crippen LogP contribution < -0.4 is 15.4 Å². The molecule has 29 heavy (non-hydrogen) atoms. The molecule has 2 heterocycles. The largest absolute Gasteiger partial charge is 0.457 e. The van der Waals surface area contributed by atoms with Gasteiger partial charge in [-0.2, -0.15) is 0 Å². The van der Waals surface area contributed by atoms with Gasteiger partial charge in [0.15, 0.2) is 0 Å². The van der Waals surface area contributed by atoms with Crippen molar-refractivity contribution in [1.29, 1.82) is 0 Å². The molecule has 4 rings (SSSR count). The van der Waals surface area contributed by atoms with Gasteiger partial charge in [0.05, 0.1) is 11.0 Å². The van der Waals surface area contributed by atoms with E-state index < -0.39 is 0 Å². The summed E-state index contributed by atoms with van der Waals surface area (Å²) in [4.78, 5) is 20.1. The Morgan fingerprint density at radius 3 is 2.76 bits per heavy atom. The molecule has 0 aliphatic heterocycles. The molecule has 1 fully saturated rings. The summed E-state index contributed by atoms with van der Waals surface area (Å²) in [5, 5.41) is 6.19. The third kappa shape index (κ3) is 4.67. The van der Waals surface area contributed by atoms with Gasteiger partial charge < -0.3 is 19.9 Å². The topological polar surface area (TPSA) is 81.1 Å². The number of fused-ring (bicyclic) bond motifs is 1. The second-order valence-electron chi connectivity index (χ2n) is 7.69. The number of nitrogens with one attached hydrogen (secondary N) is 2. The first-order valence-corrected chi connectivity index (χ1v) is 10.2. The lowest BCUT2D eigenvalue weighted by Gasteiger charge is -2.21. The Balaban J connectivity index is 1.48. The number of nitrogens with zero attached hydrogens (tertiary/aromatic N) is 3. The van der Waals surface area contributed by atoms with Crippen LogP contribution in [0.5, 0.6) is 11.5 Å². The molecule has 7 nitrogen and oxygen atoms in total. The zero-order valence-electron chi connectivity index (χ0n) is 16.9. The molecule has 1 aliphatic rings. The number of hydrogen-bond donors (Lipinski definition) is 2. The first-order valence-electron chi connectivity index (χ1n) is 10.2. The van der Waals surface area contributed by atoms with Gasteiger partial charge in [-0.1, -0.05) is 19.3 Å². The van der Waals surface area contributed by atoms with Gasteiger partial charge in [-0.25, -0.2) is 9.97 Å². The van der Waals surface area contributed by atoms with E-state index in [1.54, 1.807) is 18.3 Å². The van der Waals surface area contributed by atoms with Crippen LogP contribution >= 0.6 is 0 Å². The lowest BCUT2D eigenvalue weighted by molar-refractivity contribution is -0.114. The van der Waals surface area contributed by atoms with Crippen LogP contribution in [0.15, 0.2) is 36.5 Å². The summed E-state index contributed by atoms with van der Waals surface area (Å²) >= 11 is 0. The summed E-state index contributed by atoms with van der Waals surface area (Å²) in [6.07, 6.45) is 8.27. The highest BCUT2D eigenvalue weighted by atomic mass is 16.5.